The fourth-order valence-electron chi connectivity index (χ4n) is 4.03. The Labute approximate surface area is 190 Å². The van der Waals surface area contributed by atoms with Crippen LogP contribution in [0.2, 0.25) is 0 Å². The van der Waals surface area contributed by atoms with Crippen LogP contribution in [-0.4, -0.2) is 122 Å². The van der Waals surface area contributed by atoms with Gasteiger partial charge in [-0.1, -0.05) is 6.07 Å². The summed E-state index contributed by atoms with van der Waals surface area (Å²) in [5.74, 6) is 0.277. The summed E-state index contributed by atoms with van der Waals surface area (Å²) in [6.45, 7) is -0.549. The number of hydrogen-bond acceptors (Lipinski definition) is 12. The predicted octanol–water partition coefficient (Wildman–Crippen LogP) is -3.00. The number of phenols is 1. The van der Waals surface area contributed by atoms with Crippen molar-refractivity contribution in [3.05, 3.63) is 23.8 Å². The molecule has 1 saturated heterocycles. The van der Waals surface area contributed by atoms with Crippen LogP contribution in [-0.2, 0) is 20.6 Å². The normalized spacial score (nSPS) is 39.4. The minimum absolute atomic E-state index is 0.0133. The highest BCUT2D eigenvalue weighted by atomic mass is 16.7. The van der Waals surface area contributed by atoms with Gasteiger partial charge in [0.05, 0.1) is 32.5 Å². The molecule has 1 heterocycles. The number of aliphatic hydroxyl groups excluding tert-OH is 7. The molecule has 10 unspecified atom stereocenters. The quantitative estimate of drug-likeness (QED) is 0.189. The third-order valence-corrected chi connectivity index (χ3v) is 6.02. The number of ether oxygens (including phenoxy) is 4. The molecular formula is C21H32O12. The molecule has 0 bridgehead atoms. The Morgan fingerprint density at radius 3 is 2.36 bits per heavy atom. The van der Waals surface area contributed by atoms with Gasteiger partial charge < -0.3 is 59.8 Å². The molecule has 1 saturated carbocycles. The molecule has 0 radical (unpaired) electrons. The van der Waals surface area contributed by atoms with Gasteiger partial charge in [0, 0.05) is 6.42 Å². The highest BCUT2D eigenvalue weighted by molar-refractivity contribution is 5.41. The van der Waals surface area contributed by atoms with E-state index in [2.05, 4.69) is 0 Å². The van der Waals surface area contributed by atoms with E-state index in [4.69, 9.17) is 18.9 Å². The molecule has 12 heteroatoms. The molecular weight excluding hydrogens is 444 g/mol. The molecule has 2 aliphatic rings. The van der Waals surface area contributed by atoms with Crippen LogP contribution in [0.25, 0.3) is 0 Å². The molecule has 33 heavy (non-hydrogen) atoms. The van der Waals surface area contributed by atoms with Gasteiger partial charge in [0.1, 0.15) is 42.7 Å². The van der Waals surface area contributed by atoms with Crippen molar-refractivity contribution < 1.29 is 59.8 Å². The fourth-order valence-corrected chi connectivity index (χ4v) is 4.03. The van der Waals surface area contributed by atoms with Crippen LogP contribution in [0.1, 0.15) is 12.0 Å². The topological polar surface area (TPSA) is 199 Å². The summed E-state index contributed by atoms with van der Waals surface area (Å²) < 4.78 is 21.7. The summed E-state index contributed by atoms with van der Waals surface area (Å²) in [5.41, 5.74) is 0.772. The second-order valence-corrected chi connectivity index (χ2v) is 8.25. The van der Waals surface area contributed by atoms with Crippen LogP contribution in [0.4, 0.5) is 0 Å². The zero-order chi connectivity index (χ0) is 24.3. The molecule has 1 aromatic rings. The van der Waals surface area contributed by atoms with Gasteiger partial charge in [-0.05, 0) is 24.1 Å². The van der Waals surface area contributed by atoms with Crippen LogP contribution in [0.15, 0.2) is 18.2 Å². The number of rotatable bonds is 8. The summed E-state index contributed by atoms with van der Waals surface area (Å²) in [5, 5.41) is 80.1. The van der Waals surface area contributed by atoms with Gasteiger partial charge in [-0.25, -0.2) is 0 Å². The average molecular weight is 476 g/mol. The zero-order valence-corrected chi connectivity index (χ0v) is 18.0. The summed E-state index contributed by atoms with van der Waals surface area (Å²) in [6, 6.07) is 4.76. The number of aliphatic hydroxyl groups is 7. The third kappa shape index (κ3) is 5.74. The molecule has 0 aromatic heterocycles. The van der Waals surface area contributed by atoms with E-state index in [9.17, 15) is 40.9 Å². The molecule has 1 aromatic carbocycles. The Hall–Kier alpha value is -1.58. The van der Waals surface area contributed by atoms with Gasteiger partial charge in [-0.15, -0.1) is 0 Å². The molecule has 8 N–H and O–H groups in total. The maximum Gasteiger partial charge on any atom is 0.186 e. The van der Waals surface area contributed by atoms with Crippen molar-refractivity contribution in [2.75, 3.05) is 20.3 Å². The largest absolute Gasteiger partial charge is 0.504 e. The lowest BCUT2D eigenvalue weighted by Gasteiger charge is -2.45. The molecule has 0 spiro atoms. The van der Waals surface area contributed by atoms with Crippen LogP contribution >= 0.6 is 0 Å². The number of benzene rings is 1. The molecule has 12 nitrogen and oxygen atoms in total. The second-order valence-electron chi connectivity index (χ2n) is 8.25. The van der Waals surface area contributed by atoms with Gasteiger partial charge in [0.25, 0.3) is 0 Å². The van der Waals surface area contributed by atoms with Crippen molar-refractivity contribution in [1.29, 1.82) is 0 Å². The molecule has 0 amide bonds. The van der Waals surface area contributed by atoms with Crippen molar-refractivity contribution in [3.63, 3.8) is 0 Å². The second kappa shape index (κ2) is 11.2. The predicted molar refractivity (Wildman–Crippen MR) is 109 cm³/mol. The van der Waals surface area contributed by atoms with Crippen LogP contribution in [0.5, 0.6) is 11.5 Å². The number of aromatic hydroxyl groups is 1. The van der Waals surface area contributed by atoms with Crippen molar-refractivity contribution >= 4 is 0 Å². The van der Waals surface area contributed by atoms with Gasteiger partial charge in [-0.2, -0.15) is 0 Å². The lowest BCUT2D eigenvalue weighted by atomic mass is 9.86. The molecule has 1 aliphatic carbocycles. The van der Waals surface area contributed by atoms with Crippen molar-refractivity contribution in [3.8, 4) is 11.5 Å². The Morgan fingerprint density at radius 1 is 0.970 bits per heavy atom. The Bertz CT molecular complexity index is 763. The average Bonchev–Trinajstić information content (AvgIpc) is 2.80. The third-order valence-electron chi connectivity index (χ3n) is 6.02. The Morgan fingerprint density at radius 2 is 1.70 bits per heavy atom. The number of hydrogen-bond donors (Lipinski definition) is 8. The Balaban J connectivity index is 1.64. The lowest BCUT2D eigenvalue weighted by molar-refractivity contribution is -0.321. The van der Waals surface area contributed by atoms with Gasteiger partial charge in [-0.3, -0.25) is 0 Å². The van der Waals surface area contributed by atoms with E-state index in [0.717, 1.165) is 5.56 Å². The fraction of sp³-hybridized carbons (Fsp3) is 0.714. The zero-order valence-electron chi connectivity index (χ0n) is 18.0. The summed E-state index contributed by atoms with van der Waals surface area (Å²) in [4.78, 5) is 0. The number of phenolic OH excluding ortho intramolecular Hbond substituents is 1. The monoisotopic (exact) mass is 476 g/mol. The standard InChI is InChI=1S/C21H32O12/c1-30-12-6-9(2-3-10(12)23)4-5-31-21-19(29)20(17(27)14(8-22)33-21)32-13-7-11(24)15(25)18(28)16(13)26/h2-3,6,11,13-29H,4-5,7-8H2,1H3. The minimum atomic E-state index is -1.68. The molecule has 10 atom stereocenters. The molecule has 1 aliphatic heterocycles. The highest BCUT2D eigenvalue weighted by Crippen LogP contribution is 2.31. The molecule has 2 fully saturated rings. The first-order chi connectivity index (χ1) is 15.7. The van der Waals surface area contributed by atoms with Gasteiger partial charge in [0.2, 0.25) is 0 Å². The van der Waals surface area contributed by atoms with Gasteiger partial charge >= 0.3 is 0 Å². The van der Waals surface area contributed by atoms with Crippen molar-refractivity contribution in [2.45, 2.75) is 74.1 Å². The van der Waals surface area contributed by atoms with E-state index in [1.54, 1.807) is 12.1 Å². The van der Waals surface area contributed by atoms with E-state index in [0.29, 0.717) is 12.2 Å². The lowest BCUT2D eigenvalue weighted by Crippen LogP contribution is -2.63. The first-order valence-electron chi connectivity index (χ1n) is 10.7. The van der Waals surface area contributed by atoms with Crippen molar-refractivity contribution in [2.24, 2.45) is 0 Å². The van der Waals surface area contributed by atoms with Crippen LogP contribution in [0.3, 0.4) is 0 Å². The first kappa shape index (κ1) is 26.0. The van der Waals surface area contributed by atoms with E-state index in [1.165, 1.54) is 13.2 Å². The van der Waals surface area contributed by atoms with E-state index in [1.807, 2.05) is 0 Å². The smallest absolute Gasteiger partial charge is 0.186 e. The van der Waals surface area contributed by atoms with Crippen LogP contribution in [0, 0.1) is 0 Å². The number of methoxy groups -OCH3 is 1. The van der Waals surface area contributed by atoms with Crippen LogP contribution < -0.4 is 4.74 Å². The maximum atomic E-state index is 10.7. The molecule has 3 rings (SSSR count). The van der Waals surface area contributed by atoms with E-state index in [-0.39, 0.29) is 18.8 Å². The SMILES string of the molecule is COc1cc(CCOC2OC(CO)C(O)C(OC3CC(O)C(O)C(O)C3O)C2O)ccc1O. The Kier molecular flexibility index (Phi) is 8.86. The first-order valence-corrected chi connectivity index (χ1v) is 10.7. The maximum absolute atomic E-state index is 10.7. The van der Waals surface area contributed by atoms with Gasteiger partial charge in [0.15, 0.2) is 17.8 Å². The molecule has 188 valence electrons. The minimum Gasteiger partial charge on any atom is -0.504 e. The van der Waals surface area contributed by atoms with E-state index >= 15 is 0 Å². The summed E-state index contributed by atoms with van der Waals surface area (Å²) >= 11 is 0. The highest BCUT2D eigenvalue weighted by Gasteiger charge is 2.50. The summed E-state index contributed by atoms with van der Waals surface area (Å²) in [7, 11) is 1.42. The summed E-state index contributed by atoms with van der Waals surface area (Å²) in [6.07, 6.45) is -14.2. The van der Waals surface area contributed by atoms with Crippen molar-refractivity contribution in [1.82, 2.24) is 0 Å². The van der Waals surface area contributed by atoms with E-state index < -0.39 is 67.8 Å².